The van der Waals surface area contributed by atoms with Crippen LogP contribution in [0.4, 0.5) is 0 Å². The molecule has 23 heteroatoms. The Bertz CT molecular complexity index is 2970. The molecular weight excluding hydrogens is 1250 g/mol. The Morgan fingerprint density at radius 2 is 0.495 bits per heavy atom. The number of hydrogen-bond donors (Lipinski definition) is 8. The van der Waals surface area contributed by atoms with Crippen molar-refractivity contribution in [1.82, 2.24) is 31.2 Å². The van der Waals surface area contributed by atoms with E-state index >= 15 is 0 Å². The van der Waals surface area contributed by atoms with Crippen molar-refractivity contribution in [3.05, 3.63) is 178 Å². The molecule has 2 aromatic heterocycles. The number of carbonyl (C=O) groups is 4. The smallest absolute Gasteiger partial charge is 0.270 e. The highest BCUT2D eigenvalue weighted by Crippen LogP contribution is 2.41. The number of benzene rings is 4. The number of carbonyl (C=O) groups excluding carboxylic acids is 4. The number of amides is 4. The largest absolute Gasteiger partial charge is 0.544 e. The molecule has 0 aliphatic rings. The van der Waals surface area contributed by atoms with Crippen LogP contribution in [-0.2, 0) is 0 Å². The normalized spacial score (nSPS) is 13.7. The Labute approximate surface area is 555 Å². The maximum Gasteiger partial charge on any atom is 0.270 e. The number of aliphatic hydroxyl groups excluding tert-OH is 4. The zero-order chi connectivity index (χ0) is 69.0. The first-order valence-corrected chi connectivity index (χ1v) is 43.0. The highest BCUT2D eigenvalue weighted by molar-refractivity contribution is 6.76. The minimum Gasteiger partial charge on any atom is -0.544 e. The highest BCUT2D eigenvalue weighted by Gasteiger charge is 2.42. The average Bonchev–Trinajstić information content (AvgIpc) is 1.66. The lowest BCUT2D eigenvalue weighted by Crippen LogP contribution is -2.43. The van der Waals surface area contributed by atoms with E-state index in [0.29, 0.717) is 22.3 Å². The predicted octanol–water partition coefficient (Wildman–Crippen LogP) is 12.7. The summed E-state index contributed by atoms with van der Waals surface area (Å²) >= 11 is 0. The molecule has 6 aromatic rings. The van der Waals surface area contributed by atoms with Gasteiger partial charge in [0, 0.05) is 0 Å². The Hall–Kier alpha value is -7.07. The van der Waals surface area contributed by atoms with Crippen LogP contribution in [0.1, 0.15) is 171 Å². The van der Waals surface area contributed by atoms with Gasteiger partial charge in [-0.1, -0.05) is 144 Å². The van der Waals surface area contributed by atoms with Gasteiger partial charge in [-0.05, 0) is 168 Å². The van der Waals surface area contributed by atoms with Crippen LogP contribution in [0.15, 0.2) is 133 Å². The van der Waals surface area contributed by atoms with Gasteiger partial charge in [-0.15, -0.1) is 0 Å². The molecule has 0 aliphatic heterocycles. The first-order chi connectivity index (χ1) is 42.5. The number of pyridine rings is 2. The van der Waals surface area contributed by atoms with E-state index in [9.17, 15) is 39.6 Å². The van der Waals surface area contributed by atoms with E-state index in [4.69, 9.17) is 17.7 Å². The Balaban J connectivity index is 0.000000392. The van der Waals surface area contributed by atoms with Crippen molar-refractivity contribution in [2.75, 3.05) is 26.4 Å². The second-order valence-corrected chi connectivity index (χ2v) is 48.3. The van der Waals surface area contributed by atoms with Crippen LogP contribution in [0.2, 0.25) is 72.5 Å². The van der Waals surface area contributed by atoms with Crippen molar-refractivity contribution < 1.29 is 62.8 Å². The molecule has 4 atom stereocenters. The van der Waals surface area contributed by atoms with Crippen molar-refractivity contribution in [3.63, 3.8) is 0 Å². The van der Waals surface area contributed by atoms with Crippen LogP contribution in [0.25, 0.3) is 0 Å². The molecule has 0 spiro atoms. The fraction of sp³-hybridized carbons (Fsp3) is 0.457. The molecule has 0 saturated carbocycles. The summed E-state index contributed by atoms with van der Waals surface area (Å²) in [4.78, 5) is 61.1. The number of hydrogen-bond acceptors (Lipinski definition) is 14. The number of aromatic nitrogens is 2. The average molecular weight is 1350 g/mol. The molecule has 19 nitrogen and oxygen atoms in total. The minimum atomic E-state index is -2.01. The topological polar surface area (TPSA) is 292 Å². The maximum atomic E-state index is 13.1. The van der Waals surface area contributed by atoms with Crippen LogP contribution in [0, 0.1) is 0 Å². The summed E-state index contributed by atoms with van der Waals surface area (Å²) in [6, 6.07) is 35.8. The summed E-state index contributed by atoms with van der Waals surface area (Å²) in [6.45, 7) is 42.2. The van der Waals surface area contributed by atoms with Crippen molar-refractivity contribution in [3.8, 4) is 23.0 Å². The summed E-state index contributed by atoms with van der Waals surface area (Å²) < 4.78 is 25.4. The molecule has 2 heterocycles. The Kier molecular flexibility index (Phi) is 26.9. The van der Waals surface area contributed by atoms with Gasteiger partial charge >= 0.3 is 0 Å². The predicted molar refractivity (Wildman–Crippen MR) is 378 cm³/mol. The van der Waals surface area contributed by atoms with Gasteiger partial charge in [-0.25, -0.2) is 9.97 Å². The van der Waals surface area contributed by atoms with Crippen molar-refractivity contribution in [2.45, 2.75) is 180 Å². The molecule has 4 amide bonds. The fourth-order valence-corrected chi connectivity index (χ4v) is 12.2. The van der Waals surface area contributed by atoms with E-state index in [1.807, 2.05) is 97.1 Å². The first kappa shape index (κ1) is 78.4. The molecule has 93 heavy (non-hydrogen) atoms. The first-order valence-electron chi connectivity index (χ1n) is 31.3. The van der Waals surface area contributed by atoms with Crippen molar-refractivity contribution >= 4 is 56.9 Å². The van der Waals surface area contributed by atoms with E-state index in [2.05, 4.69) is 167 Å². The van der Waals surface area contributed by atoms with Crippen LogP contribution >= 0.6 is 0 Å². The van der Waals surface area contributed by atoms with Gasteiger partial charge in [-0.2, -0.15) is 0 Å². The van der Waals surface area contributed by atoms with E-state index in [1.54, 1.807) is 12.1 Å². The van der Waals surface area contributed by atoms with Crippen LogP contribution in [-0.4, -0.2) is 119 Å². The molecule has 0 bridgehead atoms. The third kappa shape index (κ3) is 21.5. The summed E-state index contributed by atoms with van der Waals surface area (Å²) in [5.74, 6) is 0.840. The molecule has 6 rings (SSSR count). The fourth-order valence-electron chi connectivity index (χ4n) is 8.11. The number of aliphatic hydroxyl groups is 4. The highest BCUT2D eigenvalue weighted by atomic mass is 28.4. The van der Waals surface area contributed by atoms with Crippen LogP contribution in [0.3, 0.4) is 0 Å². The molecule has 0 saturated heterocycles. The molecule has 0 aliphatic carbocycles. The van der Waals surface area contributed by atoms with Gasteiger partial charge in [-0.3, -0.25) is 19.2 Å². The second kappa shape index (κ2) is 31.9. The molecule has 4 aromatic carbocycles. The van der Waals surface area contributed by atoms with Crippen LogP contribution in [0.5, 0.6) is 23.0 Å². The molecular formula is C70H104N6O13Si4. The zero-order valence-electron chi connectivity index (χ0n) is 58.3. The van der Waals surface area contributed by atoms with E-state index in [0.717, 1.165) is 23.0 Å². The van der Waals surface area contributed by atoms with E-state index in [1.165, 1.54) is 24.3 Å². The van der Waals surface area contributed by atoms with Gasteiger partial charge in [0.05, 0.1) is 50.6 Å². The van der Waals surface area contributed by atoms with Crippen molar-refractivity contribution in [1.29, 1.82) is 0 Å². The molecule has 0 fully saturated rings. The monoisotopic (exact) mass is 1350 g/mol. The molecule has 0 unspecified atom stereocenters. The lowest BCUT2D eigenvalue weighted by Gasteiger charge is -2.36. The quantitative estimate of drug-likeness (QED) is 0.0262. The lowest BCUT2D eigenvalue weighted by molar-refractivity contribution is 0.0891. The van der Waals surface area contributed by atoms with Gasteiger partial charge < -0.3 is 64.9 Å². The molecule has 0 radical (unpaired) electrons. The summed E-state index contributed by atoms with van der Waals surface area (Å²) in [5.41, 5.74) is 2.93. The number of nitrogens with one attached hydrogen (secondary N) is 4. The Morgan fingerprint density at radius 1 is 0.333 bits per heavy atom. The Morgan fingerprint density at radius 3 is 0.634 bits per heavy atom. The second-order valence-electron chi connectivity index (χ2n) is 29.4. The molecule has 10 N–H and O–H groups in total. The number of rotatable bonds is 24. The summed E-state index contributed by atoms with van der Waals surface area (Å²) in [7, 11) is -8.04. The van der Waals surface area contributed by atoms with Gasteiger partial charge in [0.15, 0.2) is 0 Å². The lowest BCUT2D eigenvalue weighted by atomic mass is 10.1. The van der Waals surface area contributed by atoms with E-state index in [-0.39, 0.29) is 74.8 Å². The van der Waals surface area contributed by atoms with Gasteiger partial charge in [0.25, 0.3) is 23.6 Å². The maximum absolute atomic E-state index is 13.1. The third-order valence-electron chi connectivity index (χ3n) is 18.2. The summed E-state index contributed by atoms with van der Waals surface area (Å²) in [5, 5.41) is 51.7. The zero-order valence-corrected chi connectivity index (χ0v) is 62.3. The van der Waals surface area contributed by atoms with Crippen LogP contribution < -0.4 is 39.0 Å². The molecule has 508 valence electrons. The summed E-state index contributed by atoms with van der Waals surface area (Å²) in [6.07, 6.45) is 0. The standard InChI is InChI=1S/2C35H51N3O6Si2.H2O/c2*1-34(2,3)45(7,8)43-26-18-14-24(15-19-26)30(22-39)37-32(41)28-12-11-13-29(36-28)33(42)38-31(23-40)25-16-20-27(21-17-25)44-46(9,10)35(4,5)6;/h2*11-21,30-31,39-40H,22-23H2,1-10H3,(H,37,41)(H,38,42);1H2/t2*30-,31+;. The minimum absolute atomic E-state index is 0. The van der Waals surface area contributed by atoms with Crippen molar-refractivity contribution in [2.24, 2.45) is 0 Å². The third-order valence-corrected chi connectivity index (χ3v) is 35.7. The van der Waals surface area contributed by atoms with E-state index < -0.39 is 81.1 Å². The number of nitrogens with zero attached hydrogens (tertiary/aromatic N) is 2. The van der Waals surface area contributed by atoms with Gasteiger partial charge in [0.2, 0.25) is 33.3 Å². The SMILES string of the molecule is CC(C)(C)[Si](C)(C)Oc1ccc([C@H](CO)NC(=O)c2cccc(C(=O)N[C@H](CO)c3ccc(O[Si](C)(C)C(C)(C)C)cc3)n2)cc1.CC(C)(C)[Si](C)(C)Oc1ccc([C@H](CO)NC(=O)c2cccc(C(=O)N[C@H](CO)c3ccc(O[Si](C)(C)C(C)(C)C)cc3)n2)cc1.O. The van der Waals surface area contributed by atoms with Gasteiger partial charge in [0.1, 0.15) is 45.8 Å².